The van der Waals surface area contributed by atoms with Gasteiger partial charge in [-0.05, 0) is 64.0 Å². The minimum absolute atomic E-state index is 0.00981. The van der Waals surface area contributed by atoms with Crippen molar-refractivity contribution < 1.29 is 59.1 Å². The zero-order chi connectivity index (χ0) is 61.0. The van der Waals surface area contributed by atoms with Gasteiger partial charge in [-0.1, -0.05) is 97.1 Å². The number of nitrogens with zero attached hydrogens (tertiary/aromatic N) is 8. The van der Waals surface area contributed by atoms with Crippen molar-refractivity contribution in [2.75, 3.05) is 53.2 Å². The van der Waals surface area contributed by atoms with Crippen LogP contribution in [0.5, 0.6) is 5.75 Å². The molecule has 452 valence electrons. The van der Waals surface area contributed by atoms with Gasteiger partial charge in [-0.25, -0.2) is 38.7 Å². The van der Waals surface area contributed by atoms with E-state index in [1.54, 1.807) is 7.11 Å². The lowest BCUT2D eigenvalue weighted by atomic mass is 10.1. The number of hydrogen-bond donors (Lipinski definition) is 2. The third kappa shape index (κ3) is 12.8. The van der Waals surface area contributed by atoms with Crippen LogP contribution >= 0.6 is 0 Å². The molecular formula is C61H64F4N10O9Si3. The number of aromatic nitrogens is 2. The molecule has 0 saturated carbocycles. The molecule has 5 aromatic carbocycles. The fourth-order valence-electron chi connectivity index (χ4n) is 11.0. The molecule has 0 radical (unpaired) electrons. The average molecular weight is 1240 g/mol. The number of esters is 1. The SMILES string of the molecule is COCCOCCOCC(=O)NCCC[Si](C)(C)O[Si]1(O[Si](C)(C)CCCNC(=O)CCCCC(=O)Oc2c(F)c(F)cc(F)c2F)n2c3c4ccccc4c2/N=C2N=C(/N=c4/c5ccccc5/c(n41)=N/C1=NC(=N\3)/c3ccccc31)c1ccccc1\2. The summed E-state index contributed by atoms with van der Waals surface area (Å²) in [7, 11) is -9.28. The van der Waals surface area contributed by atoms with E-state index in [0.29, 0.717) is 97.2 Å². The number of amides is 2. The van der Waals surface area contributed by atoms with Crippen molar-refractivity contribution in [2.45, 2.75) is 76.8 Å². The van der Waals surface area contributed by atoms with Crippen molar-refractivity contribution >= 4 is 99.8 Å². The average Bonchev–Trinajstić information content (AvgIpc) is 1.56. The molecule has 1 unspecified atom stereocenters. The number of amidine groups is 4. The van der Waals surface area contributed by atoms with E-state index in [1.807, 2.05) is 97.1 Å². The van der Waals surface area contributed by atoms with E-state index >= 15 is 0 Å². The van der Waals surface area contributed by atoms with Crippen molar-refractivity contribution in [1.82, 2.24) is 19.1 Å². The summed E-state index contributed by atoms with van der Waals surface area (Å²) in [5.74, 6) is -7.43. The van der Waals surface area contributed by atoms with Gasteiger partial charge in [0.25, 0.3) is 0 Å². The van der Waals surface area contributed by atoms with Crippen LogP contribution in [0.25, 0.3) is 21.5 Å². The van der Waals surface area contributed by atoms with Crippen LogP contribution in [0.4, 0.5) is 29.2 Å². The van der Waals surface area contributed by atoms with Gasteiger partial charge in [0.2, 0.25) is 29.2 Å². The molecule has 19 nitrogen and oxygen atoms in total. The molecule has 6 heterocycles. The fraction of sp³-hybridized carbons (Fsp3) is 0.328. The lowest BCUT2D eigenvalue weighted by Gasteiger charge is -2.43. The molecule has 2 N–H and O–H groups in total. The third-order valence-electron chi connectivity index (χ3n) is 15.1. The first-order chi connectivity index (χ1) is 42.0. The summed E-state index contributed by atoms with van der Waals surface area (Å²) in [6, 6.07) is 32.8. The molecule has 26 heteroatoms. The Morgan fingerprint density at radius 1 is 0.517 bits per heavy atom. The highest BCUT2D eigenvalue weighted by Crippen LogP contribution is 2.45. The van der Waals surface area contributed by atoms with E-state index in [9.17, 15) is 31.9 Å². The van der Waals surface area contributed by atoms with Crippen LogP contribution in [-0.4, -0.2) is 128 Å². The molecular weight excluding hydrogens is 1180 g/mol. The van der Waals surface area contributed by atoms with Gasteiger partial charge in [0.1, 0.15) is 29.2 Å². The van der Waals surface area contributed by atoms with E-state index in [1.165, 1.54) is 0 Å². The molecule has 4 aliphatic rings. The van der Waals surface area contributed by atoms with Crippen molar-refractivity contribution in [3.63, 3.8) is 0 Å². The summed E-state index contributed by atoms with van der Waals surface area (Å²) < 4.78 is 97.3. The molecule has 0 spiro atoms. The second-order valence-electron chi connectivity index (χ2n) is 22.4. The summed E-state index contributed by atoms with van der Waals surface area (Å²) in [4.78, 5) is 71.6. The van der Waals surface area contributed by atoms with Crippen LogP contribution < -0.4 is 26.3 Å². The number of hydrogen-bond acceptors (Lipinski definition) is 15. The smallest absolute Gasteiger partial charge is 0.420 e. The maximum atomic E-state index is 14.2. The van der Waals surface area contributed by atoms with Crippen LogP contribution in [0, 0.1) is 23.3 Å². The molecule has 1 atom stereocenters. The highest BCUT2D eigenvalue weighted by molar-refractivity contribution is 6.88. The number of aliphatic imine (C=N–C) groups is 4. The van der Waals surface area contributed by atoms with Crippen LogP contribution in [0.3, 0.4) is 0 Å². The Kier molecular flexibility index (Phi) is 18.0. The maximum absolute atomic E-state index is 14.2. The maximum Gasteiger partial charge on any atom is 0.582 e. The van der Waals surface area contributed by atoms with Gasteiger partial charge >= 0.3 is 14.9 Å². The highest BCUT2D eigenvalue weighted by atomic mass is 28.5. The number of halogens is 4. The van der Waals surface area contributed by atoms with Gasteiger partial charge in [0.15, 0.2) is 51.6 Å². The summed E-state index contributed by atoms with van der Waals surface area (Å²) in [5.41, 5.74) is 4.14. The quantitative estimate of drug-likeness (QED) is 0.0132. The number of carbonyl (C=O) groups excluding carboxylic acids is 3. The van der Waals surface area contributed by atoms with Gasteiger partial charge in [-0.3, -0.25) is 22.8 Å². The summed E-state index contributed by atoms with van der Waals surface area (Å²) >= 11 is 0. The van der Waals surface area contributed by atoms with Gasteiger partial charge in [-0.15, -0.1) is 0 Å². The first-order valence-electron chi connectivity index (χ1n) is 28.8. The predicted molar refractivity (Wildman–Crippen MR) is 327 cm³/mol. The number of fused-ring (bicyclic) bond motifs is 14. The highest BCUT2D eigenvalue weighted by Gasteiger charge is 2.58. The summed E-state index contributed by atoms with van der Waals surface area (Å²) in [5, 5.41) is 9.05. The second-order valence-corrected chi connectivity index (χ2v) is 34.1. The van der Waals surface area contributed by atoms with Crippen LogP contribution in [0.2, 0.25) is 38.3 Å². The first-order valence-corrected chi connectivity index (χ1v) is 36.8. The van der Waals surface area contributed by atoms with Crippen LogP contribution in [-0.2, 0) is 36.8 Å². The number of benzene rings is 5. The fourth-order valence-corrected chi connectivity index (χ4v) is 23.6. The number of methoxy groups -OCH3 is 1. The first kappa shape index (κ1) is 60.7. The largest absolute Gasteiger partial charge is 0.582 e. The van der Waals surface area contributed by atoms with Gasteiger partial charge in [0.05, 0.1) is 26.4 Å². The van der Waals surface area contributed by atoms with E-state index in [4.69, 9.17) is 52.4 Å². The van der Waals surface area contributed by atoms with Crippen molar-refractivity contribution in [3.05, 3.63) is 160 Å². The molecule has 87 heavy (non-hydrogen) atoms. The topological polar surface area (TPSA) is 215 Å². The van der Waals surface area contributed by atoms with Crippen molar-refractivity contribution in [2.24, 2.45) is 30.0 Å². The Balaban J connectivity index is 0.974. The Bertz CT molecular complexity index is 3940. The normalized spacial score (nSPS) is 17.6. The number of rotatable bonds is 26. The molecule has 2 amide bonds. The zero-order valence-corrected chi connectivity index (χ0v) is 51.7. The second kappa shape index (κ2) is 25.8. The Labute approximate surface area is 501 Å². The third-order valence-corrected chi connectivity index (χ3v) is 26.7. The molecule has 7 aromatic rings. The molecule has 6 bridgehead atoms. The Hall–Kier alpha value is -7.96. The van der Waals surface area contributed by atoms with E-state index in [0.717, 1.165) is 43.8 Å². The van der Waals surface area contributed by atoms with E-state index < -0.39 is 60.5 Å². The summed E-state index contributed by atoms with van der Waals surface area (Å²) in [6.07, 6.45) is 0.970. The Morgan fingerprint density at radius 2 is 0.954 bits per heavy atom. The monoisotopic (exact) mass is 1240 g/mol. The van der Waals surface area contributed by atoms with Gasteiger partial charge in [-0.2, -0.15) is 8.78 Å². The minimum Gasteiger partial charge on any atom is -0.420 e. The zero-order valence-electron chi connectivity index (χ0n) is 48.7. The molecule has 4 aliphatic heterocycles. The molecule has 0 saturated heterocycles. The lowest BCUT2D eigenvalue weighted by Crippen LogP contribution is -2.70. The van der Waals surface area contributed by atoms with E-state index in [2.05, 4.69) is 50.0 Å². The molecule has 2 aromatic heterocycles. The molecule has 0 fully saturated rings. The lowest BCUT2D eigenvalue weighted by molar-refractivity contribution is -0.135. The molecule has 11 rings (SSSR count). The minimum atomic E-state index is -4.63. The predicted octanol–water partition coefficient (Wildman–Crippen LogP) is 9.23. The van der Waals surface area contributed by atoms with Crippen LogP contribution in [0.15, 0.2) is 133 Å². The van der Waals surface area contributed by atoms with Crippen molar-refractivity contribution in [1.29, 1.82) is 0 Å². The standard InChI is InChI=1S/C61H64F4N10O9Si3/c1-79-30-31-80-32-33-81-37-49(77)67-29-17-35-86(4,5)84-87(83-85(2,3)34-16-28-66-48(76)26-14-15-27-50(78)82-53-51(64)46(62)36-47(63)52(53)65)74-58-42-22-10-11-23-43(42)60(74)72-56-40-20-8-9-21-41(40)57(69-56)73-61-45-25-13-12-24-44(45)59(75(61)87)71-55-39-19-7-6-18-38(39)54(68-55)70-58/h6-13,18-25,36H,14-17,26-35,37H2,1-5H3,(H,66,76)(H,67,77)/b70-54-,70-58?,71-55?,71-59-,72-56-,72-60?,73-57?,73-61-. The summed E-state index contributed by atoms with van der Waals surface area (Å²) in [6.45, 7) is 10.5. The number of carbonyl (C=O) groups is 3. The number of unbranched alkanes of at least 4 members (excludes halogenated alkanes) is 1. The Morgan fingerprint density at radius 3 is 1.46 bits per heavy atom. The number of ether oxygens (including phenoxy) is 4. The van der Waals surface area contributed by atoms with E-state index in [-0.39, 0.29) is 63.3 Å². The molecule has 0 aliphatic carbocycles. The van der Waals surface area contributed by atoms with Gasteiger partial charge < -0.3 is 37.8 Å². The van der Waals surface area contributed by atoms with Crippen LogP contribution in [0.1, 0.15) is 60.8 Å². The van der Waals surface area contributed by atoms with Crippen molar-refractivity contribution in [3.8, 4) is 5.75 Å². The number of nitrogens with one attached hydrogen (secondary N) is 2. The van der Waals surface area contributed by atoms with Gasteiger partial charge in [0, 0.05) is 82.9 Å².